The van der Waals surface area contributed by atoms with Crippen molar-refractivity contribution < 1.29 is 56.4 Å². The number of para-hydroxylation sites is 1. The maximum Gasteiger partial charge on any atom is 0.431 e. The molecule has 374 valence electrons. The predicted molar refractivity (Wildman–Crippen MR) is 256 cm³/mol. The number of alkyl halides is 6. The Kier molecular flexibility index (Phi) is 28.1. The Morgan fingerprint density at radius 3 is 2.06 bits per heavy atom. The highest BCUT2D eigenvalue weighted by molar-refractivity contribution is 7.57. The maximum absolute atomic E-state index is 12.9. The van der Waals surface area contributed by atoms with Crippen LogP contribution < -0.4 is 21.9 Å². The first-order chi connectivity index (χ1) is 31.0. The van der Waals surface area contributed by atoms with Gasteiger partial charge in [-0.25, -0.2) is 14.2 Å². The number of rotatable bonds is 18. The Balaban J connectivity index is 0.000000927. The molecule has 4 N–H and O–H groups in total. The summed E-state index contributed by atoms with van der Waals surface area (Å²) in [6, 6.07) is 8.91. The summed E-state index contributed by atoms with van der Waals surface area (Å²) in [5, 5.41) is 8.29. The van der Waals surface area contributed by atoms with Crippen molar-refractivity contribution in [2.24, 2.45) is 12.8 Å². The number of halogens is 7. The van der Waals surface area contributed by atoms with E-state index >= 15 is 0 Å². The number of carboxylic acid groups (broad SMARTS) is 1. The number of nitrogens with two attached hydrogens (primary N) is 1. The molecule has 1 aromatic heterocycles. The summed E-state index contributed by atoms with van der Waals surface area (Å²) < 4.78 is 60.6. The third-order valence-corrected chi connectivity index (χ3v) is 10.6. The van der Waals surface area contributed by atoms with Crippen molar-refractivity contribution in [3.63, 3.8) is 0 Å². The minimum Gasteiger partial charge on any atom is -0.480 e. The van der Waals surface area contributed by atoms with Crippen LogP contribution in [0.3, 0.4) is 0 Å². The molecule has 3 aromatic rings. The number of benzene rings is 2. The number of hydrogen-bond donors (Lipinski definition) is 3. The molecular weight excluding hydrogens is 992 g/mol. The number of ether oxygens (including phenoxy) is 2. The number of aliphatic carboxylic acids is 1. The van der Waals surface area contributed by atoms with E-state index in [0.29, 0.717) is 34.9 Å². The van der Waals surface area contributed by atoms with Crippen LogP contribution in [0.2, 0.25) is 5.02 Å². The van der Waals surface area contributed by atoms with Crippen molar-refractivity contribution >= 4 is 83.2 Å². The van der Waals surface area contributed by atoms with Crippen molar-refractivity contribution in [3.8, 4) is 5.69 Å². The van der Waals surface area contributed by atoms with Crippen LogP contribution in [0.15, 0.2) is 77.4 Å². The molecule has 24 heteroatoms. The van der Waals surface area contributed by atoms with E-state index < -0.39 is 59.4 Å². The maximum atomic E-state index is 12.9. The average Bonchev–Trinajstić information content (AvgIpc) is 3.24. The van der Waals surface area contributed by atoms with E-state index in [2.05, 4.69) is 20.1 Å². The molecule has 0 spiro atoms. The second-order valence-electron chi connectivity index (χ2n) is 14.3. The summed E-state index contributed by atoms with van der Waals surface area (Å²) in [5.74, 6) is -2.42. The van der Waals surface area contributed by atoms with E-state index in [1.807, 2.05) is 32.0 Å². The highest BCUT2D eigenvalue weighted by atomic mass is 35.5. The Bertz CT molecular complexity index is 2310. The fraction of sp³-hybridized carbons (Fsp3) is 0.442. The topological polar surface area (TPSA) is 221 Å². The monoisotopic (exact) mass is 1050 g/mol. The fourth-order valence-electron chi connectivity index (χ4n) is 5.34. The number of aryl methyl sites for hydroxylation is 2. The minimum absolute atomic E-state index is 0.0104. The number of aromatic nitrogens is 2. The van der Waals surface area contributed by atoms with E-state index in [1.165, 1.54) is 23.7 Å². The van der Waals surface area contributed by atoms with Crippen molar-refractivity contribution in [2.75, 3.05) is 50.0 Å². The molecule has 0 saturated carbocycles. The van der Waals surface area contributed by atoms with Crippen molar-refractivity contribution in [1.82, 2.24) is 14.0 Å². The standard InChI is InChI=1S/C16H14ClF3N2O4.C14H20ClNO2.C8H11Cl2NO.C5H12NO4P/c1-8(2)26-14(24)10-6-9(4-5-11(10)17)22-13(23)7-12(16(18,19)20)21(3)15(22)25;1-4-12-8-6-7-11(3)14(12)16(10-18-5-2)13(17)9-15;1-3-5-11(6-4-2)8(12)7(9)10;1-11(9,10)3-2-4(6)5(7)8/h4-8H,1-3H3;6-8H,4-5,9-10H2,1-3H3;3-4,7H,1-2,5-6H2;4H,2-3,6H2,1H3,(H,7,8)(H,9,10). The van der Waals surface area contributed by atoms with Gasteiger partial charge in [0.15, 0.2) is 12.2 Å². The van der Waals surface area contributed by atoms with E-state index in [1.54, 1.807) is 30.9 Å². The average molecular weight is 1050 g/mol. The molecule has 67 heavy (non-hydrogen) atoms. The lowest BCUT2D eigenvalue weighted by Gasteiger charge is -2.25. The van der Waals surface area contributed by atoms with Crippen LogP contribution in [0.25, 0.3) is 5.69 Å². The second kappa shape index (κ2) is 30.1. The Morgan fingerprint density at radius 1 is 1.03 bits per heavy atom. The Hall–Kier alpha value is -4.46. The van der Waals surface area contributed by atoms with Crippen LogP contribution in [0, 0.1) is 6.92 Å². The first kappa shape index (κ1) is 62.5. The van der Waals surface area contributed by atoms with Gasteiger partial charge < -0.3 is 30.1 Å². The minimum atomic E-state index is -4.86. The first-order valence-corrected chi connectivity index (χ1v) is 24.1. The summed E-state index contributed by atoms with van der Waals surface area (Å²) >= 11 is 22.4. The van der Waals surface area contributed by atoms with Gasteiger partial charge in [0.2, 0.25) is 5.91 Å². The smallest absolute Gasteiger partial charge is 0.431 e. The van der Waals surface area contributed by atoms with Crippen LogP contribution >= 0.6 is 53.8 Å². The van der Waals surface area contributed by atoms with E-state index in [9.17, 15) is 46.5 Å². The highest BCUT2D eigenvalue weighted by Crippen LogP contribution is 2.35. The molecule has 2 aromatic carbocycles. The second-order valence-corrected chi connectivity index (χ2v) is 18.6. The van der Waals surface area contributed by atoms with Gasteiger partial charge in [-0.15, -0.1) is 24.8 Å². The van der Waals surface area contributed by atoms with Crippen molar-refractivity contribution in [2.45, 2.75) is 70.6 Å². The van der Waals surface area contributed by atoms with Crippen molar-refractivity contribution in [3.05, 3.63) is 116 Å². The summed E-state index contributed by atoms with van der Waals surface area (Å²) in [5.41, 5.74) is 4.21. The predicted octanol–water partition coefficient (Wildman–Crippen LogP) is 7.58. The molecule has 0 radical (unpaired) electrons. The molecule has 0 aliphatic rings. The molecule has 1 heterocycles. The van der Waals surface area contributed by atoms with Gasteiger partial charge in [0.05, 0.1) is 28.1 Å². The van der Waals surface area contributed by atoms with Crippen LogP contribution in [0.5, 0.6) is 0 Å². The van der Waals surface area contributed by atoms with Crippen molar-refractivity contribution in [1.29, 1.82) is 0 Å². The normalized spacial score (nSPS) is 12.1. The summed E-state index contributed by atoms with van der Waals surface area (Å²) in [6.07, 6.45) is -1.22. The zero-order valence-corrected chi connectivity index (χ0v) is 41.9. The molecular formula is C43H57Cl4F3N5O11P. The van der Waals surface area contributed by atoms with Gasteiger partial charge in [-0.2, -0.15) is 13.2 Å². The Labute approximate surface area is 407 Å². The molecule has 0 aliphatic heterocycles. The third-order valence-electron chi connectivity index (χ3n) is 8.56. The largest absolute Gasteiger partial charge is 0.480 e. The molecule has 2 amide bonds. The first-order valence-electron chi connectivity index (χ1n) is 20.0. The number of carbonyl (C=O) groups is 4. The van der Waals surface area contributed by atoms with Crippen LogP contribution in [0.4, 0.5) is 18.9 Å². The zero-order chi connectivity index (χ0) is 52.0. The molecule has 0 fully saturated rings. The van der Waals surface area contributed by atoms with Gasteiger partial charge in [0.25, 0.3) is 11.5 Å². The van der Waals surface area contributed by atoms with Crippen LogP contribution in [-0.2, 0) is 48.1 Å². The number of carbonyl (C=O) groups excluding carboxylic acids is 3. The highest BCUT2D eigenvalue weighted by Gasteiger charge is 2.35. The zero-order valence-electron chi connectivity index (χ0n) is 38.0. The molecule has 16 nitrogen and oxygen atoms in total. The van der Waals surface area contributed by atoms with Gasteiger partial charge in [-0.05, 0) is 69.9 Å². The summed E-state index contributed by atoms with van der Waals surface area (Å²) in [7, 11) is -2.21. The lowest BCUT2D eigenvalue weighted by atomic mass is 10.0. The van der Waals surface area contributed by atoms with Gasteiger partial charge in [-0.1, -0.05) is 72.1 Å². The molecule has 2 atom stereocenters. The van der Waals surface area contributed by atoms with E-state index in [-0.39, 0.29) is 53.3 Å². The number of anilines is 1. The van der Waals surface area contributed by atoms with Gasteiger partial charge in [-0.3, -0.25) is 33.2 Å². The molecule has 2 unspecified atom stereocenters. The van der Waals surface area contributed by atoms with E-state index in [0.717, 1.165) is 36.3 Å². The Morgan fingerprint density at radius 2 is 1.61 bits per heavy atom. The SMILES string of the molecule is C=CCN(CC=C)C(=O)C(Cl)Cl.CC(C)OC(=O)c1cc(-n2c(=O)cc(C(F)(F)F)n(C)c2=O)ccc1Cl.CCOCN(C(=O)CCl)c1c(C)cccc1CC.CP(=O)(O)CCC(N)C(=O)O. The molecule has 3 rings (SSSR count). The molecule has 0 aliphatic carbocycles. The summed E-state index contributed by atoms with van der Waals surface area (Å²) in [4.78, 5) is 80.5. The van der Waals surface area contributed by atoms with Gasteiger partial charge in [0, 0.05) is 45.6 Å². The summed E-state index contributed by atoms with van der Waals surface area (Å²) in [6.45, 7) is 19.1. The number of esters is 1. The lowest BCUT2D eigenvalue weighted by molar-refractivity contribution is -0.144. The molecule has 0 saturated heterocycles. The number of hydrogen-bond acceptors (Lipinski definition) is 10. The number of nitrogens with zero attached hydrogens (tertiary/aromatic N) is 4. The van der Waals surface area contributed by atoms with Gasteiger partial charge in [0.1, 0.15) is 24.3 Å². The van der Waals surface area contributed by atoms with Gasteiger partial charge >= 0.3 is 23.8 Å². The number of amides is 2. The third kappa shape index (κ3) is 21.6. The van der Waals surface area contributed by atoms with E-state index in [4.69, 9.17) is 71.6 Å². The fourth-order valence-corrected chi connectivity index (χ4v) is 6.71. The number of carboxylic acids is 1. The molecule has 0 bridgehead atoms. The quantitative estimate of drug-likeness (QED) is 0.0369. The van der Waals surface area contributed by atoms with Crippen LogP contribution in [0.1, 0.15) is 61.3 Å². The lowest BCUT2D eigenvalue weighted by Crippen LogP contribution is -2.40. The van der Waals surface area contributed by atoms with Crippen LogP contribution in [-0.4, -0.2) is 110 Å².